The zero-order chi connectivity index (χ0) is 21.3. The Bertz CT molecular complexity index is 986. The predicted molar refractivity (Wildman–Crippen MR) is 105 cm³/mol. The number of terminal acetylenes is 1. The van der Waals surface area contributed by atoms with Crippen LogP contribution in [0.4, 0.5) is 0 Å². The van der Waals surface area contributed by atoms with Gasteiger partial charge < -0.3 is 24.3 Å². The summed E-state index contributed by atoms with van der Waals surface area (Å²) in [5.74, 6) is -2.70. The maximum absolute atomic E-state index is 12.3. The maximum Gasteiger partial charge on any atom is 1.00 e. The summed E-state index contributed by atoms with van der Waals surface area (Å²) in [6.07, 6.45) is 8.66. The number of carbonyl (C=O) groups is 2. The minimum atomic E-state index is -1.42. The first-order valence-electron chi connectivity index (χ1n) is 8.89. The van der Waals surface area contributed by atoms with Crippen molar-refractivity contribution in [2.24, 2.45) is 11.8 Å². The van der Waals surface area contributed by atoms with Crippen LogP contribution in [0.5, 0.6) is 0 Å². The Hall–Kier alpha value is -2.02. The molecule has 4 atom stereocenters. The van der Waals surface area contributed by atoms with E-state index >= 15 is 0 Å². The van der Waals surface area contributed by atoms with Gasteiger partial charge in [-0.05, 0) is 18.7 Å². The molecule has 1 aromatic heterocycles. The quantitative estimate of drug-likeness (QED) is 0.347. The monoisotopic (exact) mass is 434 g/mol. The number of rotatable bonds is 5. The van der Waals surface area contributed by atoms with Crippen molar-refractivity contribution < 1.29 is 53.8 Å². The molecule has 1 amide bonds. The Balaban J connectivity index is 0.00000104. The normalized spacial score (nSPS) is 22.9. The summed E-state index contributed by atoms with van der Waals surface area (Å²) in [5.41, 5.74) is 1.37. The molecule has 1 saturated heterocycles. The molecule has 2 aromatic rings. The Morgan fingerprint density at radius 2 is 1.97 bits per heavy atom. The van der Waals surface area contributed by atoms with Crippen LogP contribution in [0.2, 0.25) is 0 Å². The SMILES string of the molecule is C#C.C[C@H]1C(Sc2nc(-c3ccccc3)co2)=C(C(=O)[O-])N2C(=O)[C@H]([C@@H](C)O)C12.[Na+]. The molecule has 0 aliphatic carbocycles. The maximum atomic E-state index is 12.3. The number of hydrogen-bond donors (Lipinski definition) is 1. The molecule has 4 rings (SSSR count). The molecule has 7 nitrogen and oxygen atoms in total. The van der Waals surface area contributed by atoms with Crippen LogP contribution in [-0.4, -0.2) is 39.0 Å². The van der Waals surface area contributed by atoms with Gasteiger partial charge >= 0.3 is 29.6 Å². The van der Waals surface area contributed by atoms with Gasteiger partial charge in [0.1, 0.15) is 12.0 Å². The molecule has 0 radical (unpaired) electrons. The van der Waals surface area contributed by atoms with Crippen molar-refractivity contribution in [2.75, 3.05) is 0 Å². The zero-order valence-corrected chi connectivity index (χ0v) is 19.6. The number of amides is 1. The number of carboxylic acid groups (broad SMARTS) is 1. The molecule has 1 fully saturated rings. The number of oxazole rings is 1. The smallest absolute Gasteiger partial charge is 0.543 e. The Morgan fingerprint density at radius 3 is 2.53 bits per heavy atom. The van der Waals surface area contributed by atoms with Crippen LogP contribution in [0, 0.1) is 24.7 Å². The third kappa shape index (κ3) is 4.09. The van der Waals surface area contributed by atoms with Crippen molar-refractivity contribution in [3.05, 3.63) is 47.2 Å². The van der Waals surface area contributed by atoms with E-state index in [1.54, 1.807) is 0 Å². The van der Waals surface area contributed by atoms with Crippen LogP contribution < -0.4 is 34.7 Å². The third-order valence-electron chi connectivity index (χ3n) is 5.05. The minimum Gasteiger partial charge on any atom is -0.543 e. The van der Waals surface area contributed by atoms with Crippen LogP contribution >= 0.6 is 11.8 Å². The van der Waals surface area contributed by atoms with Crippen molar-refractivity contribution in [3.8, 4) is 24.1 Å². The molecule has 2 aliphatic heterocycles. The fourth-order valence-electron chi connectivity index (χ4n) is 3.79. The van der Waals surface area contributed by atoms with Gasteiger partial charge in [0.25, 0.3) is 5.22 Å². The van der Waals surface area contributed by atoms with Crippen LogP contribution in [0.15, 0.2) is 56.8 Å². The van der Waals surface area contributed by atoms with E-state index in [2.05, 4.69) is 17.8 Å². The number of benzene rings is 1. The van der Waals surface area contributed by atoms with Gasteiger partial charge in [-0.2, -0.15) is 0 Å². The number of aliphatic carboxylic acids is 1. The number of aliphatic hydroxyl groups excluding tert-OH is 1. The van der Waals surface area contributed by atoms with Gasteiger partial charge in [-0.1, -0.05) is 37.3 Å². The van der Waals surface area contributed by atoms with E-state index in [4.69, 9.17) is 4.42 Å². The first-order valence-corrected chi connectivity index (χ1v) is 9.70. The predicted octanol–water partition coefficient (Wildman–Crippen LogP) is -1.49. The molecular formula is C21H19N2NaO5S. The summed E-state index contributed by atoms with van der Waals surface area (Å²) >= 11 is 1.08. The van der Waals surface area contributed by atoms with Gasteiger partial charge in [0.15, 0.2) is 0 Å². The summed E-state index contributed by atoms with van der Waals surface area (Å²) in [5, 5.41) is 21.9. The number of carboxylic acids is 1. The number of fused-ring (bicyclic) bond motifs is 1. The van der Waals surface area contributed by atoms with E-state index < -0.39 is 29.9 Å². The molecule has 9 heteroatoms. The number of thioether (sulfide) groups is 1. The van der Waals surface area contributed by atoms with E-state index in [1.807, 2.05) is 37.3 Å². The van der Waals surface area contributed by atoms with Crippen LogP contribution in [0.3, 0.4) is 0 Å². The topological polar surface area (TPSA) is 107 Å². The summed E-state index contributed by atoms with van der Waals surface area (Å²) in [6.45, 7) is 3.37. The summed E-state index contributed by atoms with van der Waals surface area (Å²) in [6, 6.07) is 9.08. The number of carbonyl (C=O) groups excluding carboxylic acids is 2. The molecule has 2 aliphatic rings. The molecule has 3 heterocycles. The summed E-state index contributed by atoms with van der Waals surface area (Å²) in [7, 11) is 0. The van der Waals surface area contributed by atoms with Crippen molar-refractivity contribution in [1.82, 2.24) is 9.88 Å². The average molecular weight is 434 g/mol. The second-order valence-electron chi connectivity index (χ2n) is 6.72. The van der Waals surface area contributed by atoms with Gasteiger partial charge in [0.05, 0.1) is 29.7 Å². The molecule has 0 saturated carbocycles. The fourth-order valence-corrected chi connectivity index (χ4v) is 4.82. The molecule has 30 heavy (non-hydrogen) atoms. The zero-order valence-electron chi connectivity index (χ0n) is 16.8. The number of β-lactam (4-membered cyclic amide) rings is 1. The Labute approximate surface area is 200 Å². The molecule has 0 spiro atoms. The van der Waals surface area contributed by atoms with Gasteiger partial charge in [-0.3, -0.25) is 4.79 Å². The van der Waals surface area contributed by atoms with Crippen LogP contribution in [0.1, 0.15) is 13.8 Å². The second kappa shape index (κ2) is 9.86. The first-order chi connectivity index (χ1) is 13.9. The number of hydrogen-bond acceptors (Lipinski definition) is 7. The van der Waals surface area contributed by atoms with Gasteiger partial charge in [-0.25, -0.2) is 4.98 Å². The van der Waals surface area contributed by atoms with Crippen molar-refractivity contribution in [2.45, 2.75) is 31.2 Å². The number of aromatic nitrogens is 1. The number of nitrogens with zero attached hydrogens (tertiary/aromatic N) is 2. The standard InChI is InChI=1S/C19H18N2O5S.C2H2.Na/c1-9-14-13(10(2)22)17(23)21(14)15(18(24)25)16(9)27-19-20-12(8-26-19)11-6-4-3-5-7-11;1-2;/h3-10,13-14,22H,1-2H3,(H,24,25);1-2H;/q;;+1/p-1/t9-,10-,13-,14?;;/m1../s1. The molecule has 1 unspecified atom stereocenters. The first kappa shape index (κ1) is 24.3. The van der Waals surface area contributed by atoms with Gasteiger partial charge in [0.2, 0.25) is 5.91 Å². The third-order valence-corrected chi connectivity index (χ3v) is 6.20. The van der Waals surface area contributed by atoms with Gasteiger partial charge in [-0.15, -0.1) is 12.8 Å². The average Bonchev–Trinajstić information content (AvgIpc) is 3.26. The summed E-state index contributed by atoms with van der Waals surface area (Å²) < 4.78 is 5.50. The molecule has 150 valence electrons. The van der Waals surface area contributed by atoms with Crippen molar-refractivity contribution >= 4 is 23.6 Å². The largest absolute Gasteiger partial charge is 1.00 e. The second-order valence-corrected chi connectivity index (χ2v) is 7.71. The van der Waals surface area contributed by atoms with Gasteiger partial charge in [0, 0.05) is 16.4 Å². The Morgan fingerprint density at radius 1 is 1.33 bits per heavy atom. The van der Waals surface area contributed by atoms with Crippen LogP contribution in [0.25, 0.3) is 11.3 Å². The Kier molecular flexibility index (Phi) is 7.97. The van der Waals surface area contributed by atoms with E-state index in [-0.39, 0.29) is 46.4 Å². The van der Waals surface area contributed by atoms with Crippen LogP contribution in [-0.2, 0) is 9.59 Å². The molecule has 1 N–H and O–H groups in total. The van der Waals surface area contributed by atoms with E-state index in [0.29, 0.717) is 10.6 Å². The summed E-state index contributed by atoms with van der Waals surface area (Å²) in [4.78, 5) is 30.1. The van der Waals surface area contributed by atoms with Crippen molar-refractivity contribution in [3.63, 3.8) is 0 Å². The number of aliphatic hydroxyl groups is 1. The fraction of sp³-hybridized carbons (Fsp3) is 0.286. The van der Waals surface area contributed by atoms with E-state index in [9.17, 15) is 19.8 Å². The molecular weight excluding hydrogens is 415 g/mol. The van der Waals surface area contributed by atoms with E-state index in [0.717, 1.165) is 17.3 Å². The minimum absolute atomic E-state index is 0. The molecule has 1 aromatic carbocycles. The molecule has 0 bridgehead atoms. The van der Waals surface area contributed by atoms with E-state index in [1.165, 1.54) is 18.1 Å². The van der Waals surface area contributed by atoms with Crippen molar-refractivity contribution in [1.29, 1.82) is 0 Å².